The molecule has 1 N–H and O–H groups in total. The van der Waals surface area contributed by atoms with Crippen LogP contribution in [-0.2, 0) is 9.53 Å². The number of amides is 3. The van der Waals surface area contributed by atoms with Crippen LogP contribution >= 0.6 is 0 Å². The fourth-order valence-corrected chi connectivity index (χ4v) is 2.71. The first-order valence-electron chi connectivity index (χ1n) is 8.85. The third kappa shape index (κ3) is 6.06. The topological polar surface area (TPSA) is 79.0 Å². The fourth-order valence-electron chi connectivity index (χ4n) is 2.71. The van der Waals surface area contributed by atoms with E-state index in [9.17, 15) is 14.4 Å². The first kappa shape index (κ1) is 19.8. The number of rotatable bonds is 3. The van der Waals surface area contributed by atoms with Gasteiger partial charge in [-0.3, -0.25) is 9.59 Å². The first-order chi connectivity index (χ1) is 12.3. The molecule has 2 rings (SSSR count). The van der Waals surface area contributed by atoms with Gasteiger partial charge in [-0.1, -0.05) is 18.2 Å². The second-order valence-electron chi connectivity index (χ2n) is 7.25. The summed E-state index contributed by atoms with van der Waals surface area (Å²) in [5.74, 6) is -0.198. The van der Waals surface area contributed by atoms with Crippen molar-refractivity contribution in [2.75, 3.05) is 32.7 Å². The van der Waals surface area contributed by atoms with Gasteiger partial charge in [0.25, 0.3) is 5.91 Å². The van der Waals surface area contributed by atoms with E-state index in [1.54, 1.807) is 42.7 Å². The number of ether oxygens (including phenoxy) is 1. The number of nitrogens with one attached hydrogen (secondary N) is 1. The van der Waals surface area contributed by atoms with E-state index in [0.29, 0.717) is 38.2 Å². The van der Waals surface area contributed by atoms with E-state index in [1.807, 2.05) is 18.2 Å². The third-order valence-electron chi connectivity index (χ3n) is 3.94. The maximum atomic E-state index is 12.5. The molecule has 0 aromatic heterocycles. The number of hydrogen-bond acceptors (Lipinski definition) is 4. The predicted molar refractivity (Wildman–Crippen MR) is 97.8 cm³/mol. The van der Waals surface area contributed by atoms with Gasteiger partial charge in [-0.05, 0) is 39.3 Å². The van der Waals surface area contributed by atoms with Gasteiger partial charge in [-0.2, -0.15) is 0 Å². The van der Waals surface area contributed by atoms with Gasteiger partial charge >= 0.3 is 6.09 Å². The van der Waals surface area contributed by atoms with Crippen molar-refractivity contribution in [2.24, 2.45) is 0 Å². The van der Waals surface area contributed by atoms with Crippen LogP contribution in [0.25, 0.3) is 0 Å². The molecule has 1 aliphatic heterocycles. The van der Waals surface area contributed by atoms with Crippen LogP contribution in [0.5, 0.6) is 0 Å². The molecule has 1 saturated heterocycles. The lowest BCUT2D eigenvalue weighted by molar-refractivity contribution is -0.130. The summed E-state index contributed by atoms with van der Waals surface area (Å²) in [5, 5.41) is 2.48. The summed E-state index contributed by atoms with van der Waals surface area (Å²) in [7, 11) is 0. The van der Waals surface area contributed by atoms with Crippen molar-refractivity contribution < 1.29 is 19.1 Å². The van der Waals surface area contributed by atoms with E-state index in [-0.39, 0.29) is 18.4 Å². The molecule has 0 radical (unpaired) electrons. The molecule has 7 nitrogen and oxygen atoms in total. The normalized spacial score (nSPS) is 15.2. The summed E-state index contributed by atoms with van der Waals surface area (Å²) >= 11 is 0. The Hall–Kier alpha value is -2.57. The molecule has 1 heterocycles. The zero-order valence-corrected chi connectivity index (χ0v) is 15.7. The zero-order valence-electron chi connectivity index (χ0n) is 15.7. The SMILES string of the molecule is CC(C)(C)OC(=O)NCC(=O)N1CCCN(C(=O)c2ccccc2)CC1. The second kappa shape index (κ2) is 8.69. The van der Waals surface area contributed by atoms with Gasteiger partial charge in [0.15, 0.2) is 0 Å². The van der Waals surface area contributed by atoms with Gasteiger partial charge in [0, 0.05) is 31.7 Å². The van der Waals surface area contributed by atoms with Crippen molar-refractivity contribution >= 4 is 17.9 Å². The highest BCUT2D eigenvalue weighted by Crippen LogP contribution is 2.10. The van der Waals surface area contributed by atoms with Crippen molar-refractivity contribution in [3.8, 4) is 0 Å². The van der Waals surface area contributed by atoms with Gasteiger partial charge in [0.05, 0.1) is 0 Å². The second-order valence-corrected chi connectivity index (χ2v) is 7.25. The van der Waals surface area contributed by atoms with Gasteiger partial charge in [-0.15, -0.1) is 0 Å². The molecule has 0 spiro atoms. The average Bonchev–Trinajstić information content (AvgIpc) is 2.84. The number of benzene rings is 1. The standard InChI is InChI=1S/C19H27N3O4/c1-19(2,3)26-18(25)20-14-16(23)21-10-7-11-22(13-12-21)17(24)15-8-5-4-6-9-15/h4-6,8-9H,7,10-14H2,1-3H3,(H,20,25). The minimum absolute atomic E-state index is 0.0215. The lowest BCUT2D eigenvalue weighted by atomic mass is 10.2. The van der Waals surface area contributed by atoms with Crippen molar-refractivity contribution in [3.63, 3.8) is 0 Å². The summed E-state index contributed by atoms with van der Waals surface area (Å²) in [6, 6.07) is 9.13. The van der Waals surface area contributed by atoms with Gasteiger partial charge in [0.1, 0.15) is 12.1 Å². The Morgan fingerprint density at radius 3 is 2.27 bits per heavy atom. The summed E-state index contributed by atoms with van der Waals surface area (Å²) in [4.78, 5) is 39.9. The molecule has 7 heteroatoms. The molecule has 0 unspecified atom stereocenters. The molecular weight excluding hydrogens is 334 g/mol. The molecule has 1 aliphatic rings. The quantitative estimate of drug-likeness (QED) is 0.892. The van der Waals surface area contributed by atoms with Crippen molar-refractivity contribution in [1.29, 1.82) is 0 Å². The Morgan fingerprint density at radius 2 is 1.62 bits per heavy atom. The summed E-state index contributed by atoms with van der Waals surface area (Å²) in [5.41, 5.74) is 0.0486. The molecule has 26 heavy (non-hydrogen) atoms. The van der Waals surface area contributed by atoms with Crippen LogP contribution in [0.1, 0.15) is 37.6 Å². The van der Waals surface area contributed by atoms with Crippen molar-refractivity contribution in [2.45, 2.75) is 32.8 Å². The fraction of sp³-hybridized carbons (Fsp3) is 0.526. The van der Waals surface area contributed by atoms with Crippen molar-refractivity contribution in [3.05, 3.63) is 35.9 Å². The number of hydrogen-bond donors (Lipinski definition) is 1. The molecule has 1 aromatic carbocycles. The smallest absolute Gasteiger partial charge is 0.408 e. The third-order valence-corrected chi connectivity index (χ3v) is 3.94. The van der Waals surface area contributed by atoms with Crippen LogP contribution in [0.15, 0.2) is 30.3 Å². The largest absolute Gasteiger partial charge is 0.444 e. The summed E-state index contributed by atoms with van der Waals surface area (Å²) in [6.07, 6.45) is 0.0954. The van der Waals surface area contributed by atoms with E-state index >= 15 is 0 Å². The number of alkyl carbamates (subject to hydrolysis) is 1. The molecule has 0 aliphatic carbocycles. The number of carbonyl (C=O) groups excluding carboxylic acids is 3. The van der Waals surface area contributed by atoms with Crippen LogP contribution in [0, 0.1) is 0 Å². The Labute approximate surface area is 154 Å². The van der Waals surface area contributed by atoms with E-state index in [0.717, 1.165) is 0 Å². The van der Waals surface area contributed by atoms with Gasteiger partial charge < -0.3 is 19.9 Å². The Bertz CT molecular complexity index is 640. The maximum Gasteiger partial charge on any atom is 0.408 e. The van der Waals surface area contributed by atoms with Crippen LogP contribution < -0.4 is 5.32 Å². The van der Waals surface area contributed by atoms with Crippen LogP contribution in [-0.4, -0.2) is 66.0 Å². The van der Waals surface area contributed by atoms with Gasteiger partial charge in [-0.25, -0.2) is 4.79 Å². The van der Waals surface area contributed by atoms with E-state index in [2.05, 4.69) is 5.32 Å². The maximum absolute atomic E-state index is 12.5. The first-order valence-corrected chi connectivity index (χ1v) is 8.85. The molecule has 1 fully saturated rings. The minimum Gasteiger partial charge on any atom is -0.444 e. The Morgan fingerprint density at radius 1 is 1.00 bits per heavy atom. The average molecular weight is 361 g/mol. The molecule has 142 valence electrons. The minimum atomic E-state index is -0.610. The van der Waals surface area contributed by atoms with Crippen LogP contribution in [0.3, 0.4) is 0 Å². The lowest BCUT2D eigenvalue weighted by Gasteiger charge is -2.23. The predicted octanol–water partition coefficient (Wildman–Crippen LogP) is 1.89. The van der Waals surface area contributed by atoms with Crippen LogP contribution in [0.2, 0.25) is 0 Å². The molecule has 0 atom stereocenters. The molecule has 0 bridgehead atoms. The van der Waals surface area contributed by atoms with E-state index in [1.165, 1.54) is 0 Å². The highest BCUT2D eigenvalue weighted by atomic mass is 16.6. The Balaban J connectivity index is 1.83. The summed E-state index contributed by atoms with van der Waals surface area (Å²) in [6.45, 7) is 7.29. The molecule has 0 saturated carbocycles. The lowest BCUT2D eigenvalue weighted by Crippen LogP contribution is -2.43. The highest BCUT2D eigenvalue weighted by Gasteiger charge is 2.23. The number of nitrogens with zero attached hydrogens (tertiary/aromatic N) is 2. The Kier molecular flexibility index (Phi) is 6.60. The van der Waals surface area contributed by atoms with Crippen molar-refractivity contribution in [1.82, 2.24) is 15.1 Å². The number of carbonyl (C=O) groups is 3. The highest BCUT2D eigenvalue weighted by molar-refractivity contribution is 5.94. The van der Waals surface area contributed by atoms with E-state index in [4.69, 9.17) is 4.74 Å². The molecule has 1 aromatic rings. The van der Waals surface area contributed by atoms with E-state index < -0.39 is 11.7 Å². The zero-order chi connectivity index (χ0) is 19.2. The summed E-state index contributed by atoms with van der Waals surface area (Å²) < 4.78 is 5.12. The molecular formula is C19H27N3O4. The van der Waals surface area contributed by atoms with Crippen LogP contribution in [0.4, 0.5) is 4.79 Å². The van der Waals surface area contributed by atoms with Gasteiger partial charge in [0.2, 0.25) is 5.91 Å². The molecule has 3 amide bonds. The monoisotopic (exact) mass is 361 g/mol.